The first-order chi connectivity index (χ1) is 14.0. The number of sulfone groups is 1. The number of aldehydes is 1. The van der Waals surface area contributed by atoms with Gasteiger partial charge in [-0.15, -0.1) is 0 Å². The minimum Gasteiger partial charge on any atom is -0.372 e. The Morgan fingerprint density at radius 1 is 1.40 bits per heavy atom. The molecule has 0 aromatic carbocycles. The van der Waals surface area contributed by atoms with Crippen LogP contribution in [0.3, 0.4) is 0 Å². The van der Waals surface area contributed by atoms with Gasteiger partial charge in [-0.3, -0.25) is 4.79 Å². The van der Waals surface area contributed by atoms with Crippen LogP contribution < -0.4 is 0 Å². The summed E-state index contributed by atoms with van der Waals surface area (Å²) in [5.41, 5.74) is -0.706. The van der Waals surface area contributed by atoms with Gasteiger partial charge in [0.15, 0.2) is 11.3 Å². The Labute approximate surface area is 170 Å². The number of carbonyl (C=O) groups excluding carboxylic acids is 1. The van der Waals surface area contributed by atoms with Crippen molar-refractivity contribution in [3.63, 3.8) is 0 Å². The lowest BCUT2D eigenvalue weighted by molar-refractivity contribution is -0.141. The van der Waals surface area contributed by atoms with Gasteiger partial charge in [-0.25, -0.2) is 18.1 Å². The highest BCUT2D eigenvalue weighted by atomic mass is 32.2. The van der Waals surface area contributed by atoms with Gasteiger partial charge < -0.3 is 9.47 Å². The van der Waals surface area contributed by atoms with Gasteiger partial charge in [0.2, 0.25) is 9.84 Å². The number of halogens is 3. The van der Waals surface area contributed by atoms with Crippen molar-refractivity contribution in [2.75, 3.05) is 13.7 Å². The van der Waals surface area contributed by atoms with E-state index in [2.05, 4.69) is 10.1 Å². The van der Waals surface area contributed by atoms with E-state index in [1.165, 1.54) is 24.8 Å². The lowest BCUT2D eigenvalue weighted by Gasteiger charge is -2.37. The Balaban J connectivity index is 1.97. The second-order valence-electron chi connectivity index (χ2n) is 7.15. The molecule has 2 aromatic rings. The fraction of sp³-hybridized carbons (Fsp3) is 0.500. The van der Waals surface area contributed by atoms with Crippen molar-refractivity contribution in [2.45, 2.75) is 48.5 Å². The summed E-state index contributed by atoms with van der Waals surface area (Å²) in [5, 5.41) is 3.42. The predicted octanol–water partition coefficient (Wildman–Crippen LogP) is 2.80. The van der Waals surface area contributed by atoms with E-state index < -0.39 is 37.6 Å². The maximum atomic E-state index is 13.2. The smallest absolute Gasteiger partial charge is 0.372 e. The maximum Gasteiger partial charge on any atom is 0.433 e. The molecule has 2 aromatic heterocycles. The van der Waals surface area contributed by atoms with Crippen molar-refractivity contribution in [3.05, 3.63) is 41.3 Å². The third-order valence-corrected chi connectivity index (χ3v) is 7.48. The Morgan fingerprint density at radius 2 is 2.13 bits per heavy atom. The fourth-order valence-electron chi connectivity index (χ4n) is 3.37. The zero-order chi connectivity index (χ0) is 22.2. The lowest BCUT2D eigenvalue weighted by atomic mass is 9.94. The second-order valence-corrected chi connectivity index (χ2v) is 9.57. The van der Waals surface area contributed by atoms with Gasteiger partial charge in [0, 0.05) is 13.7 Å². The van der Waals surface area contributed by atoms with Crippen LogP contribution in [0.1, 0.15) is 47.7 Å². The molecular weight excluding hydrogens is 427 g/mol. The molecule has 0 N–H and O–H groups in total. The summed E-state index contributed by atoms with van der Waals surface area (Å²) in [6.07, 6.45) is -4.95. The number of methoxy groups -OCH3 is 1. The SMILES string of the molecule is COCn1nc(C=O)cc1C1CC(C)(S(=O)(=O)c2cccc(C(F)(F)F)n2)CCO1. The first-order valence-electron chi connectivity index (χ1n) is 8.94. The Bertz CT molecular complexity index is 1040. The topological polar surface area (TPSA) is 100 Å². The number of pyridine rings is 1. The van der Waals surface area contributed by atoms with Crippen molar-refractivity contribution in [3.8, 4) is 0 Å². The average Bonchev–Trinajstić information content (AvgIpc) is 3.11. The number of nitrogens with zero attached hydrogens (tertiary/aromatic N) is 3. The number of hydrogen-bond acceptors (Lipinski definition) is 7. The van der Waals surface area contributed by atoms with Gasteiger partial charge in [0.1, 0.15) is 24.2 Å². The van der Waals surface area contributed by atoms with Crippen molar-refractivity contribution < 1.29 is 35.9 Å². The third kappa shape index (κ3) is 4.12. The molecule has 1 saturated heterocycles. The number of rotatable bonds is 6. The van der Waals surface area contributed by atoms with E-state index in [4.69, 9.17) is 9.47 Å². The van der Waals surface area contributed by atoms with Crippen LogP contribution in [-0.2, 0) is 32.2 Å². The van der Waals surface area contributed by atoms with Crippen molar-refractivity contribution >= 4 is 16.1 Å². The zero-order valence-corrected chi connectivity index (χ0v) is 17.0. The van der Waals surface area contributed by atoms with Gasteiger partial charge in [0.05, 0.1) is 10.4 Å². The molecule has 30 heavy (non-hydrogen) atoms. The molecule has 0 bridgehead atoms. The van der Waals surface area contributed by atoms with E-state index in [1.807, 2.05) is 0 Å². The maximum absolute atomic E-state index is 13.2. The Kier molecular flexibility index (Phi) is 6.03. The first-order valence-corrected chi connectivity index (χ1v) is 10.4. The summed E-state index contributed by atoms with van der Waals surface area (Å²) in [7, 11) is -2.80. The standard InChI is InChI=1S/C18H20F3N3O5S/c1-17(30(26,27)16-5-3-4-15(22-16)18(19,20)21)6-7-29-14(9-17)13-8-12(10-25)23-24(13)11-28-2/h3-5,8,10,14H,6-7,9,11H2,1-2H3. The van der Waals surface area contributed by atoms with Crippen LogP contribution in [0.5, 0.6) is 0 Å². The highest BCUT2D eigenvalue weighted by Gasteiger charge is 2.47. The molecule has 2 unspecified atom stereocenters. The summed E-state index contributed by atoms with van der Waals surface area (Å²) in [5.74, 6) is 0. The van der Waals surface area contributed by atoms with Gasteiger partial charge in [-0.1, -0.05) is 6.07 Å². The zero-order valence-electron chi connectivity index (χ0n) is 16.2. The predicted molar refractivity (Wildman–Crippen MR) is 97.4 cm³/mol. The van der Waals surface area contributed by atoms with E-state index in [9.17, 15) is 26.4 Å². The normalized spacial score (nSPS) is 22.8. The second kappa shape index (κ2) is 8.08. The summed E-state index contributed by atoms with van der Waals surface area (Å²) in [6, 6.07) is 4.27. The summed E-state index contributed by atoms with van der Waals surface area (Å²) >= 11 is 0. The molecule has 3 rings (SSSR count). The Hall–Kier alpha value is -2.31. The van der Waals surface area contributed by atoms with Gasteiger partial charge in [0.25, 0.3) is 0 Å². The molecule has 1 aliphatic rings. The molecule has 0 radical (unpaired) electrons. The number of hydrogen-bond donors (Lipinski definition) is 0. The minimum atomic E-state index is -4.76. The van der Waals surface area contributed by atoms with Gasteiger partial charge in [-0.2, -0.15) is 18.3 Å². The Morgan fingerprint density at radius 3 is 2.77 bits per heavy atom. The van der Waals surface area contributed by atoms with Crippen LogP contribution >= 0.6 is 0 Å². The van der Waals surface area contributed by atoms with Crippen LogP contribution in [0.4, 0.5) is 13.2 Å². The van der Waals surface area contributed by atoms with Crippen molar-refractivity contribution in [1.82, 2.24) is 14.8 Å². The summed E-state index contributed by atoms with van der Waals surface area (Å²) in [4.78, 5) is 14.5. The molecule has 164 valence electrons. The highest BCUT2D eigenvalue weighted by Crippen LogP contribution is 2.42. The van der Waals surface area contributed by atoms with Crippen LogP contribution in [0.2, 0.25) is 0 Å². The number of ether oxygens (including phenoxy) is 2. The molecule has 0 spiro atoms. The largest absolute Gasteiger partial charge is 0.433 e. The van der Waals surface area contributed by atoms with E-state index in [-0.39, 0.29) is 31.9 Å². The van der Waals surface area contributed by atoms with Crippen LogP contribution in [0, 0.1) is 0 Å². The number of carbonyl (C=O) groups is 1. The van der Waals surface area contributed by atoms with Crippen molar-refractivity contribution in [2.24, 2.45) is 0 Å². The van der Waals surface area contributed by atoms with Crippen LogP contribution in [-0.4, -0.2) is 47.9 Å². The molecule has 0 amide bonds. The quantitative estimate of drug-likeness (QED) is 0.628. The van der Waals surface area contributed by atoms with E-state index in [1.54, 1.807) is 0 Å². The average molecular weight is 447 g/mol. The van der Waals surface area contributed by atoms with Crippen LogP contribution in [0.25, 0.3) is 0 Å². The molecular formula is C18H20F3N3O5S. The van der Waals surface area contributed by atoms with E-state index in [0.717, 1.165) is 18.2 Å². The van der Waals surface area contributed by atoms with Crippen molar-refractivity contribution in [1.29, 1.82) is 0 Å². The minimum absolute atomic E-state index is 0.0156. The van der Waals surface area contributed by atoms with E-state index in [0.29, 0.717) is 12.0 Å². The molecule has 2 atom stereocenters. The van der Waals surface area contributed by atoms with Crippen LogP contribution in [0.15, 0.2) is 29.3 Å². The monoisotopic (exact) mass is 447 g/mol. The summed E-state index contributed by atoms with van der Waals surface area (Å²) < 4.78 is 76.2. The van der Waals surface area contributed by atoms with E-state index >= 15 is 0 Å². The molecule has 0 aliphatic carbocycles. The van der Waals surface area contributed by atoms with Gasteiger partial charge >= 0.3 is 6.18 Å². The third-order valence-electron chi connectivity index (χ3n) is 5.04. The molecule has 1 aliphatic heterocycles. The summed E-state index contributed by atoms with van der Waals surface area (Å²) in [6.45, 7) is 1.52. The highest BCUT2D eigenvalue weighted by molar-refractivity contribution is 7.92. The number of alkyl halides is 3. The van der Waals surface area contributed by atoms with Gasteiger partial charge in [-0.05, 0) is 38.0 Å². The molecule has 12 heteroatoms. The lowest BCUT2D eigenvalue weighted by Crippen LogP contribution is -2.43. The first kappa shape index (κ1) is 22.4. The molecule has 0 saturated carbocycles. The molecule has 3 heterocycles. The molecule has 8 nitrogen and oxygen atoms in total. The number of aromatic nitrogens is 3. The fourth-order valence-corrected chi connectivity index (χ4v) is 5.08. The molecule has 1 fully saturated rings.